The number of ether oxygens (including phenoxy) is 1. The molecule has 0 aliphatic carbocycles. The van der Waals surface area contributed by atoms with Gasteiger partial charge >= 0.3 is 6.16 Å². The van der Waals surface area contributed by atoms with E-state index in [-0.39, 0.29) is 5.75 Å². The van der Waals surface area contributed by atoms with E-state index in [1.54, 1.807) is 0 Å². The van der Waals surface area contributed by atoms with E-state index in [0.717, 1.165) is 6.07 Å². The highest BCUT2D eigenvalue weighted by atomic mass is 19.1. The Morgan fingerprint density at radius 2 is 2.45 bits per heavy atom. The first-order chi connectivity index (χ1) is 5.18. The largest absolute Gasteiger partial charge is 0.511 e. The summed E-state index contributed by atoms with van der Waals surface area (Å²) in [6.45, 7) is 0. The summed E-state index contributed by atoms with van der Waals surface area (Å²) >= 11 is 0. The van der Waals surface area contributed by atoms with Crippen LogP contribution in [-0.2, 0) is 0 Å². The molecule has 1 radical (unpaired) electrons. The van der Waals surface area contributed by atoms with Crippen molar-refractivity contribution in [2.24, 2.45) is 0 Å². The van der Waals surface area contributed by atoms with Crippen LogP contribution < -0.4 is 4.74 Å². The van der Waals surface area contributed by atoms with Gasteiger partial charge in [-0.15, -0.1) is 0 Å². The molecule has 0 saturated heterocycles. The number of hydrogen-bond donors (Lipinski definition) is 1. The molecule has 0 bridgehead atoms. The summed E-state index contributed by atoms with van der Waals surface area (Å²) in [6, 6.07) is 5.69. The van der Waals surface area contributed by atoms with Crippen LogP contribution in [0.15, 0.2) is 18.2 Å². The Kier molecular flexibility index (Phi) is 2.06. The fourth-order valence-electron chi connectivity index (χ4n) is 0.582. The Morgan fingerprint density at radius 1 is 1.73 bits per heavy atom. The molecule has 0 aliphatic rings. The number of carbonyl (C=O) groups is 1. The van der Waals surface area contributed by atoms with Gasteiger partial charge < -0.3 is 9.84 Å². The van der Waals surface area contributed by atoms with E-state index >= 15 is 0 Å². The van der Waals surface area contributed by atoms with E-state index in [2.05, 4.69) is 10.8 Å². The predicted molar refractivity (Wildman–Crippen MR) is 33.9 cm³/mol. The van der Waals surface area contributed by atoms with Crippen molar-refractivity contribution in [1.82, 2.24) is 0 Å². The highest BCUT2D eigenvalue weighted by Crippen LogP contribution is 2.10. The minimum Gasteiger partial charge on any atom is -0.449 e. The monoisotopic (exact) mass is 155 g/mol. The van der Waals surface area contributed by atoms with Crippen LogP contribution in [0, 0.1) is 11.9 Å². The first kappa shape index (κ1) is 7.53. The zero-order valence-electron chi connectivity index (χ0n) is 5.37. The van der Waals surface area contributed by atoms with Crippen LogP contribution in [0.4, 0.5) is 9.18 Å². The molecule has 0 aromatic heterocycles. The van der Waals surface area contributed by atoms with E-state index in [9.17, 15) is 9.18 Å². The highest BCUT2D eigenvalue weighted by Gasteiger charge is 2.00. The van der Waals surface area contributed by atoms with Crippen molar-refractivity contribution in [3.05, 3.63) is 30.1 Å². The van der Waals surface area contributed by atoms with Gasteiger partial charge in [-0.1, -0.05) is 0 Å². The van der Waals surface area contributed by atoms with Crippen molar-refractivity contribution in [3.63, 3.8) is 0 Å². The molecule has 1 aromatic rings. The fourth-order valence-corrected chi connectivity index (χ4v) is 0.582. The Hall–Kier alpha value is -1.58. The number of rotatable bonds is 1. The Morgan fingerprint density at radius 3 is 3.00 bits per heavy atom. The molecular weight excluding hydrogens is 151 g/mol. The molecule has 57 valence electrons. The van der Waals surface area contributed by atoms with E-state index in [1.165, 1.54) is 12.1 Å². The number of hydrogen-bond acceptors (Lipinski definition) is 2. The third kappa shape index (κ3) is 2.25. The standard InChI is InChI=1S/C7H4FO3/c8-5-2-1-3-6(4-5)11-7(9)10/h1,3-4H,(H,9,10). The lowest BCUT2D eigenvalue weighted by Crippen LogP contribution is -2.02. The van der Waals surface area contributed by atoms with Gasteiger partial charge in [-0.2, -0.15) is 0 Å². The molecule has 0 amide bonds. The van der Waals surface area contributed by atoms with E-state index in [4.69, 9.17) is 5.11 Å². The maximum absolute atomic E-state index is 12.3. The molecule has 1 aromatic carbocycles. The van der Waals surface area contributed by atoms with Crippen LogP contribution in [0.25, 0.3) is 0 Å². The maximum atomic E-state index is 12.3. The first-order valence-electron chi connectivity index (χ1n) is 2.76. The normalized spacial score (nSPS) is 9.18. The van der Waals surface area contributed by atoms with Crippen LogP contribution in [-0.4, -0.2) is 11.3 Å². The molecule has 4 heteroatoms. The third-order valence-corrected chi connectivity index (χ3v) is 0.943. The summed E-state index contributed by atoms with van der Waals surface area (Å²) in [7, 11) is 0. The third-order valence-electron chi connectivity index (χ3n) is 0.943. The van der Waals surface area contributed by atoms with Crippen molar-refractivity contribution in [2.45, 2.75) is 0 Å². The molecular formula is C7H4FO3. The molecule has 0 aliphatic heterocycles. The molecule has 0 atom stereocenters. The molecule has 0 saturated carbocycles. The second kappa shape index (κ2) is 3.01. The fraction of sp³-hybridized carbons (Fsp3) is 0. The summed E-state index contributed by atoms with van der Waals surface area (Å²) < 4.78 is 16.4. The van der Waals surface area contributed by atoms with Gasteiger partial charge in [-0.25, -0.2) is 9.18 Å². The molecule has 0 unspecified atom stereocenters. The summed E-state index contributed by atoms with van der Waals surface area (Å²) in [6.07, 6.45) is -1.46. The minimum absolute atomic E-state index is 0.0475. The molecule has 3 nitrogen and oxygen atoms in total. The topological polar surface area (TPSA) is 46.5 Å². The smallest absolute Gasteiger partial charge is 0.449 e. The van der Waals surface area contributed by atoms with Gasteiger partial charge in [0.15, 0.2) is 0 Å². The molecule has 11 heavy (non-hydrogen) atoms. The summed E-state index contributed by atoms with van der Waals surface area (Å²) in [5.74, 6) is -0.697. The lowest BCUT2D eigenvalue weighted by Gasteiger charge is -1.96. The van der Waals surface area contributed by atoms with E-state index in [0.29, 0.717) is 0 Å². The van der Waals surface area contributed by atoms with Gasteiger partial charge in [0.2, 0.25) is 0 Å². The molecule has 1 N–H and O–H groups in total. The van der Waals surface area contributed by atoms with Crippen LogP contribution in [0.1, 0.15) is 0 Å². The van der Waals surface area contributed by atoms with Crippen molar-refractivity contribution in [1.29, 1.82) is 0 Å². The van der Waals surface area contributed by atoms with E-state index in [1.807, 2.05) is 0 Å². The Labute approximate surface area is 62.0 Å². The molecule has 1 rings (SSSR count). The number of benzene rings is 1. The zero-order chi connectivity index (χ0) is 8.27. The second-order valence-electron chi connectivity index (χ2n) is 1.74. The van der Waals surface area contributed by atoms with Gasteiger partial charge in [0.05, 0.1) is 0 Å². The highest BCUT2D eigenvalue weighted by molar-refractivity contribution is 5.60. The van der Waals surface area contributed by atoms with Gasteiger partial charge in [0.25, 0.3) is 0 Å². The zero-order valence-corrected chi connectivity index (χ0v) is 5.37. The summed E-state index contributed by atoms with van der Waals surface area (Å²) in [5.41, 5.74) is 0. The van der Waals surface area contributed by atoms with Gasteiger partial charge in [-0.05, 0) is 12.1 Å². The van der Waals surface area contributed by atoms with Gasteiger partial charge in [0, 0.05) is 12.1 Å². The van der Waals surface area contributed by atoms with Gasteiger partial charge in [-0.3, -0.25) is 0 Å². The quantitative estimate of drug-likeness (QED) is 0.495. The first-order valence-corrected chi connectivity index (χ1v) is 2.76. The van der Waals surface area contributed by atoms with E-state index < -0.39 is 12.0 Å². The van der Waals surface area contributed by atoms with Crippen LogP contribution in [0.5, 0.6) is 5.75 Å². The molecule has 0 spiro atoms. The number of halogens is 1. The van der Waals surface area contributed by atoms with Crippen molar-refractivity contribution >= 4 is 6.16 Å². The average molecular weight is 155 g/mol. The maximum Gasteiger partial charge on any atom is 0.511 e. The molecule has 0 fully saturated rings. The average Bonchev–Trinajstić information content (AvgIpc) is 1.85. The number of carboxylic acid groups (broad SMARTS) is 1. The SMILES string of the molecule is O=C(O)Oc1cc[c]c(F)c1. The second-order valence-corrected chi connectivity index (χ2v) is 1.74. The van der Waals surface area contributed by atoms with Crippen molar-refractivity contribution in [3.8, 4) is 5.75 Å². The van der Waals surface area contributed by atoms with Gasteiger partial charge in [0.1, 0.15) is 11.6 Å². The van der Waals surface area contributed by atoms with Crippen LogP contribution in [0.2, 0.25) is 0 Å². The van der Waals surface area contributed by atoms with Crippen LogP contribution >= 0.6 is 0 Å². The lowest BCUT2D eigenvalue weighted by atomic mass is 10.3. The Bertz CT molecular complexity index is 272. The summed E-state index contributed by atoms with van der Waals surface area (Å²) in [4.78, 5) is 9.93. The van der Waals surface area contributed by atoms with Crippen molar-refractivity contribution < 1.29 is 19.0 Å². The molecule has 0 heterocycles. The lowest BCUT2D eigenvalue weighted by molar-refractivity contribution is 0.144. The summed E-state index contributed by atoms with van der Waals surface area (Å²) in [5, 5.41) is 8.10. The minimum atomic E-state index is -1.46. The van der Waals surface area contributed by atoms with Crippen molar-refractivity contribution in [2.75, 3.05) is 0 Å². The van der Waals surface area contributed by atoms with Crippen LogP contribution in [0.3, 0.4) is 0 Å². The predicted octanol–water partition coefficient (Wildman–Crippen LogP) is 1.68. The Balaban J connectivity index is 2.79.